The predicted octanol–water partition coefficient (Wildman–Crippen LogP) is 2.71. The molecule has 0 aliphatic carbocycles. The Morgan fingerprint density at radius 1 is 1.67 bits per heavy atom. The first kappa shape index (κ1) is 11.7. The van der Waals surface area contributed by atoms with Gasteiger partial charge in [-0.2, -0.15) is 5.26 Å². The normalized spacial score (nSPS) is 13.9. The first-order valence-electron chi connectivity index (χ1n) is 4.37. The van der Waals surface area contributed by atoms with Crippen LogP contribution in [-0.4, -0.2) is 11.1 Å². The monoisotopic (exact) mass is 267 g/mol. The molecule has 0 aromatic heterocycles. The van der Waals surface area contributed by atoms with Crippen molar-refractivity contribution < 1.29 is 9.90 Å². The molecule has 0 heterocycles. The minimum absolute atomic E-state index is 0.0429. The van der Waals surface area contributed by atoms with Gasteiger partial charge in [0.1, 0.15) is 5.41 Å². The van der Waals surface area contributed by atoms with E-state index in [0.29, 0.717) is 5.56 Å². The number of hydrogen-bond acceptors (Lipinski definition) is 2. The number of aliphatic carboxylic acids is 1. The van der Waals surface area contributed by atoms with Crippen LogP contribution in [0.15, 0.2) is 28.7 Å². The molecule has 1 rings (SSSR count). The van der Waals surface area contributed by atoms with Gasteiger partial charge >= 0.3 is 5.97 Å². The Balaban J connectivity index is 3.22. The van der Waals surface area contributed by atoms with Gasteiger partial charge in [0.25, 0.3) is 0 Å². The molecule has 1 aromatic carbocycles. The molecule has 1 atom stereocenters. The third-order valence-electron chi connectivity index (χ3n) is 2.37. The van der Waals surface area contributed by atoms with Crippen molar-refractivity contribution in [1.29, 1.82) is 5.26 Å². The second kappa shape index (κ2) is 4.45. The van der Waals surface area contributed by atoms with Crippen LogP contribution >= 0.6 is 15.9 Å². The highest BCUT2D eigenvalue weighted by molar-refractivity contribution is 9.10. The molecule has 1 unspecified atom stereocenters. The summed E-state index contributed by atoms with van der Waals surface area (Å²) in [6.45, 7) is 1.56. The highest BCUT2D eigenvalue weighted by atomic mass is 79.9. The molecule has 3 nitrogen and oxygen atoms in total. The van der Waals surface area contributed by atoms with Gasteiger partial charge in [-0.15, -0.1) is 0 Å². The van der Waals surface area contributed by atoms with Gasteiger partial charge in [-0.3, -0.25) is 4.79 Å². The highest BCUT2D eigenvalue weighted by Crippen LogP contribution is 2.29. The maximum atomic E-state index is 11.2. The summed E-state index contributed by atoms with van der Waals surface area (Å²) in [5.41, 5.74) is -0.510. The first-order chi connectivity index (χ1) is 7.00. The molecule has 0 bridgehead atoms. The number of carboxylic acids is 1. The minimum atomic E-state index is -1.14. The number of carboxylic acid groups (broad SMARTS) is 1. The van der Waals surface area contributed by atoms with Crippen LogP contribution < -0.4 is 0 Å². The van der Waals surface area contributed by atoms with Gasteiger partial charge in [-0.1, -0.05) is 28.1 Å². The van der Waals surface area contributed by atoms with Crippen molar-refractivity contribution in [2.24, 2.45) is 0 Å². The van der Waals surface area contributed by atoms with Crippen LogP contribution in [0.3, 0.4) is 0 Å². The van der Waals surface area contributed by atoms with E-state index in [1.54, 1.807) is 25.1 Å². The second-order valence-corrected chi connectivity index (χ2v) is 4.40. The SMILES string of the molecule is CC(CC#N)(C(=O)O)c1cccc(Br)c1. The molecule has 0 spiro atoms. The molecule has 0 aliphatic rings. The molecular weight excluding hydrogens is 258 g/mol. The van der Waals surface area contributed by atoms with E-state index < -0.39 is 11.4 Å². The number of carbonyl (C=O) groups is 1. The van der Waals surface area contributed by atoms with E-state index in [0.717, 1.165) is 4.47 Å². The summed E-state index contributed by atoms with van der Waals surface area (Å²) in [6, 6.07) is 8.94. The summed E-state index contributed by atoms with van der Waals surface area (Å²) in [5, 5.41) is 17.8. The molecule has 1 N–H and O–H groups in total. The van der Waals surface area contributed by atoms with Crippen LogP contribution in [0, 0.1) is 11.3 Å². The summed E-state index contributed by atoms with van der Waals surface area (Å²) >= 11 is 3.28. The fraction of sp³-hybridized carbons (Fsp3) is 0.273. The number of benzene rings is 1. The van der Waals surface area contributed by atoms with Crippen LogP contribution in [-0.2, 0) is 10.2 Å². The van der Waals surface area contributed by atoms with E-state index in [9.17, 15) is 4.79 Å². The Hall–Kier alpha value is -1.34. The fourth-order valence-corrected chi connectivity index (χ4v) is 1.69. The van der Waals surface area contributed by atoms with Crippen LogP contribution in [0.2, 0.25) is 0 Å². The largest absolute Gasteiger partial charge is 0.481 e. The second-order valence-electron chi connectivity index (χ2n) is 3.48. The average Bonchev–Trinajstić information content (AvgIpc) is 2.17. The lowest BCUT2D eigenvalue weighted by molar-refractivity contribution is -0.143. The standard InChI is InChI=1S/C11H10BrNO2/c1-11(5-6-13,10(14)15)8-3-2-4-9(12)7-8/h2-4,7H,5H2,1H3,(H,14,15). The van der Waals surface area contributed by atoms with E-state index in [1.165, 1.54) is 0 Å². The topological polar surface area (TPSA) is 61.1 Å². The molecule has 78 valence electrons. The Labute approximate surface area is 96.5 Å². The summed E-state index contributed by atoms with van der Waals surface area (Å²) in [5.74, 6) is -0.984. The Kier molecular flexibility index (Phi) is 3.48. The van der Waals surface area contributed by atoms with Crippen LogP contribution in [0.4, 0.5) is 0 Å². The maximum Gasteiger partial charge on any atom is 0.314 e. The molecule has 0 amide bonds. The van der Waals surface area contributed by atoms with E-state index in [1.807, 2.05) is 12.1 Å². The number of halogens is 1. The Morgan fingerprint density at radius 2 is 2.33 bits per heavy atom. The van der Waals surface area contributed by atoms with E-state index in [2.05, 4.69) is 15.9 Å². The van der Waals surface area contributed by atoms with Gasteiger partial charge in [-0.05, 0) is 24.6 Å². The summed E-state index contributed by atoms with van der Waals surface area (Å²) in [7, 11) is 0. The van der Waals surface area contributed by atoms with Crippen molar-refractivity contribution in [3.8, 4) is 6.07 Å². The Morgan fingerprint density at radius 3 is 2.80 bits per heavy atom. The Bertz CT molecular complexity index is 425. The third kappa shape index (κ3) is 2.37. The molecular formula is C11H10BrNO2. The van der Waals surface area contributed by atoms with Gasteiger partial charge < -0.3 is 5.11 Å². The van der Waals surface area contributed by atoms with E-state index in [-0.39, 0.29) is 6.42 Å². The average molecular weight is 268 g/mol. The van der Waals surface area contributed by atoms with Crippen LogP contribution in [0.1, 0.15) is 18.9 Å². The number of hydrogen-bond donors (Lipinski definition) is 1. The van der Waals surface area contributed by atoms with Crippen molar-refractivity contribution in [3.63, 3.8) is 0 Å². The van der Waals surface area contributed by atoms with Crippen molar-refractivity contribution in [1.82, 2.24) is 0 Å². The van der Waals surface area contributed by atoms with Gasteiger partial charge in [0.2, 0.25) is 0 Å². The number of nitrogens with zero attached hydrogens (tertiary/aromatic N) is 1. The zero-order chi connectivity index (χ0) is 11.5. The zero-order valence-corrected chi connectivity index (χ0v) is 9.78. The van der Waals surface area contributed by atoms with Gasteiger partial charge in [-0.25, -0.2) is 0 Å². The van der Waals surface area contributed by atoms with E-state index in [4.69, 9.17) is 10.4 Å². The van der Waals surface area contributed by atoms with E-state index >= 15 is 0 Å². The molecule has 4 heteroatoms. The van der Waals surface area contributed by atoms with Crippen LogP contribution in [0.25, 0.3) is 0 Å². The summed E-state index contributed by atoms with van der Waals surface area (Å²) in [6.07, 6.45) is -0.0429. The number of rotatable bonds is 3. The molecule has 0 saturated carbocycles. The smallest absolute Gasteiger partial charge is 0.314 e. The van der Waals surface area contributed by atoms with Crippen molar-refractivity contribution in [2.45, 2.75) is 18.8 Å². The van der Waals surface area contributed by atoms with Gasteiger partial charge in [0.15, 0.2) is 0 Å². The minimum Gasteiger partial charge on any atom is -0.481 e. The summed E-state index contributed by atoms with van der Waals surface area (Å²) in [4.78, 5) is 11.2. The van der Waals surface area contributed by atoms with Crippen LogP contribution in [0.5, 0.6) is 0 Å². The van der Waals surface area contributed by atoms with Crippen molar-refractivity contribution in [3.05, 3.63) is 34.3 Å². The van der Waals surface area contributed by atoms with Gasteiger partial charge in [0.05, 0.1) is 12.5 Å². The molecule has 0 fully saturated rings. The van der Waals surface area contributed by atoms with Crippen molar-refractivity contribution in [2.75, 3.05) is 0 Å². The zero-order valence-electron chi connectivity index (χ0n) is 8.20. The molecule has 1 aromatic rings. The molecule has 0 saturated heterocycles. The third-order valence-corrected chi connectivity index (χ3v) is 2.86. The lowest BCUT2D eigenvalue weighted by Gasteiger charge is -2.22. The van der Waals surface area contributed by atoms with Crippen molar-refractivity contribution >= 4 is 21.9 Å². The maximum absolute atomic E-state index is 11.2. The number of nitriles is 1. The lowest BCUT2D eigenvalue weighted by Crippen LogP contribution is -2.31. The molecule has 0 aliphatic heterocycles. The first-order valence-corrected chi connectivity index (χ1v) is 5.16. The molecule has 0 radical (unpaired) electrons. The highest BCUT2D eigenvalue weighted by Gasteiger charge is 2.35. The quantitative estimate of drug-likeness (QED) is 0.916. The van der Waals surface area contributed by atoms with Gasteiger partial charge in [0, 0.05) is 4.47 Å². The fourth-order valence-electron chi connectivity index (χ4n) is 1.29. The predicted molar refractivity (Wildman–Crippen MR) is 59.4 cm³/mol. The summed E-state index contributed by atoms with van der Waals surface area (Å²) < 4.78 is 0.811. The molecule has 15 heavy (non-hydrogen) atoms. The lowest BCUT2D eigenvalue weighted by atomic mass is 9.80.